The second-order valence-corrected chi connectivity index (χ2v) is 4.98. The molecule has 0 aromatic carbocycles. The molecule has 0 aliphatic heterocycles. The topological polar surface area (TPSA) is 9.23 Å². The number of hydrogen-bond donors (Lipinski definition) is 1. The van der Waals surface area contributed by atoms with Crippen molar-refractivity contribution in [3.8, 4) is 0 Å². The monoisotopic (exact) mass is 216 g/mol. The minimum absolute atomic E-state index is 0.576. The van der Waals surface area contributed by atoms with Crippen molar-refractivity contribution in [3.63, 3.8) is 0 Å². The first-order chi connectivity index (χ1) is 6.83. The molecule has 0 radical (unpaired) electrons. The van der Waals surface area contributed by atoms with Crippen molar-refractivity contribution in [1.82, 2.24) is 0 Å². The van der Waals surface area contributed by atoms with Gasteiger partial charge in [0, 0.05) is 6.61 Å². The molecule has 1 unspecified atom stereocenters. The number of rotatable bonds is 6. The first-order valence-corrected chi connectivity index (χ1v) is 6.68. The van der Waals surface area contributed by atoms with Crippen LogP contribution in [0.2, 0.25) is 0 Å². The Morgan fingerprint density at radius 3 is 2.57 bits per heavy atom. The maximum Gasteiger partial charge on any atom is 0.0575 e. The fourth-order valence-electron chi connectivity index (χ4n) is 2.03. The van der Waals surface area contributed by atoms with E-state index in [1.807, 2.05) is 0 Å². The number of thiol groups is 1. The predicted molar refractivity (Wildman–Crippen MR) is 65.1 cm³/mol. The van der Waals surface area contributed by atoms with Crippen LogP contribution in [0.5, 0.6) is 0 Å². The molecule has 1 aliphatic carbocycles. The van der Waals surface area contributed by atoms with Crippen LogP contribution in [-0.4, -0.2) is 18.5 Å². The van der Waals surface area contributed by atoms with Crippen LogP contribution in [0, 0.1) is 5.92 Å². The van der Waals surface area contributed by atoms with E-state index in [0.717, 1.165) is 18.3 Å². The Balaban J connectivity index is 1.96. The van der Waals surface area contributed by atoms with Crippen molar-refractivity contribution in [2.45, 2.75) is 58.0 Å². The highest BCUT2D eigenvalue weighted by Crippen LogP contribution is 2.21. The van der Waals surface area contributed by atoms with Crippen LogP contribution < -0.4 is 0 Å². The summed E-state index contributed by atoms with van der Waals surface area (Å²) in [5, 5.41) is 0. The van der Waals surface area contributed by atoms with E-state index in [-0.39, 0.29) is 0 Å². The first-order valence-electron chi connectivity index (χ1n) is 6.05. The van der Waals surface area contributed by atoms with E-state index >= 15 is 0 Å². The molecule has 0 amide bonds. The third-order valence-corrected chi connectivity index (χ3v) is 3.40. The van der Waals surface area contributed by atoms with Gasteiger partial charge in [-0.25, -0.2) is 0 Å². The zero-order valence-electron chi connectivity index (χ0n) is 9.37. The Hall–Kier alpha value is 0.310. The Kier molecular flexibility index (Phi) is 6.70. The summed E-state index contributed by atoms with van der Waals surface area (Å²) < 4.78 is 5.87. The van der Waals surface area contributed by atoms with E-state index in [0.29, 0.717) is 6.10 Å². The summed E-state index contributed by atoms with van der Waals surface area (Å²) in [5.74, 6) is 1.78. The largest absolute Gasteiger partial charge is 0.378 e. The lowest BCUT2D eigenvalue weighted by atomic mass is 9.98. The summed E-state index contributed by atoms with van der Waals surface area (Å²) in [6, 6.07) is 0. The first kappa shape index (κ1) is 12.4. The van der Waals surface area contributed by atoms with Gasteiger partial charge in [0.2, 0.25) is 0 Å². The Labute approximate surface area is 94.0 Å². The molecule has 0 heterocycles. The molecule has 1 saturated carbocycles. The lowest BCUT2D eigenvalue weighted by Gasteiger charge is -2.22. The van der Waals surface area contributed by atoms with Crippen molar-refractivity contribution in [2.75, 3.05) is 12.4 Å². The van der Waals surface area contributed by atoms with Gasteiger partial charge in [-0.2, -0.15) is 12.6 Å². The standard InChI is InChI=1S/C12H24OS/c1-11(8-10-14)7-9-13-12-5-3-2-4-6-12/h11-12,14H,2-10H2,1H3. The lowest BCUT2D eigenvalue weighted by molar-refractivity contribution is 0.0220. The molecule has 2 heteroatoms. The molecule has 0 N–H and O–H groups in total. The third-order valence-electron chi connectivity index (χ3n) is 3.14. The molecule has 1 nitrogen and oxygen atoms in total. The smallest absolute Gasteiger partial charge is 0.0575 e. The van der Waals surface area contributed by atoms with Crippen LogP contribution in [0.15, 0.2) is 0 Å². The molecule has 84 valence electrons. The van der Waals surface area contributed by atoms with Gasteiger partial charge < -0.3 is 4.74 Å². The molecule has 0 bridgehead atoms. The Morgan fingerprint density at radius 1 is 1.21 bits per heavy atom. The van der Waals surface area contributed by atoms with Gasteiger partial charge in [-0.3, -0.25) is 0 Å². The zero-order chi connectivity index (χ0) is 10.2. The average molecular weight is 216 g/mol. The fourth-order valence-corrected chi connectivity index (χ4v) is 2.47. The lowest BCUT2D eigenvalue weighted by Crippen LogP contribution is -2.18. The maximum absolute atomic E-state index is 5.87. The molecule has 1 fully saturated rings. The molecule has 14 heavy (non-hydrogen) atoms. The van der Waals surface area contributed by atoms with E-state index in [2.05, 4.69) is 19.6 Å². The second-order valence-electron chi connectivity index (χ2n) is 4.54. The molecular formula is C12H24OS. The van der Waals surface area contributed by atoms with E-state index in [1.54, 1.807) is 0 Å². The summed E-state index contributed by atoms with van der Waals surface area (Å²) in [7, 11) is 0. The van der Waals surface area contributed by atoms with Crippen molar-refractivity contribution >= 4 is 12.6 Å². The van der Waals surface area contributed by atoms with Crippen molar-refractivity contribution in [3.05, 3.63) is 0 Å². The van der Waals surface area contributed by atoms with E-state index in [1.165, 1.54) is 44.9 Å². The Morgan fingerprint density at radius 2 is 1.93 bits per heavy atom. The molecule has 0 aromatic rings. The molecular weight excluding hydrogens is 192 g/mol. The summed E-state index contributed by atoms with van der Waals surface area (Å²) in [4.78, 5) is 0. The van der Waals surface area contributed by atoms with E-state index < -0.39 is 0 Å². The Bertz CT molecular complexity index is 132. The van der Waals surface area contributed by atoms with Crippen LogP contribution >= 0.6 is 12.6 Å². The zero-order valence-corrected chi connectivity index (χ0v) is 10.3. The summed E-state index contributed by atoms with van der Waals surface area (Å²) >= 11 is 4.24. The van der Waals surface area contributed by atoms with Gasteiger partial charge in [0.25, 0.3) is 0 Å². The molecule has 1 atom stereocenters. The van der Waals surface area contributed by atoms with Crippen LogP contribution in [-0.2, 0) is 4.74 Å². The van der Waals surface area contributed by atoms with Gasteiger partial charge in [0.05, 0.1) is 6.10 Å². The van der Waals surface area contributed by atoms with Gasteiger partial charge in [-0.1, -0.05) is 26.2 Å². The minimum atomic E-state index is 0.576. The quantitative estimate of drug-likeness (QED) is 0.666. The van der Waals surface area contributed by atoms with Gasteiger partial charge in [0.1, 0.15) is 0 Å². The molecule has 0 aromatic heterocycles. The highest BCUT2D eigenvalue weighted by atomic mass is 32.1. The average Bonchev–Trinajstić information content (AvgIpc) is 2.20. The van der Waals surface area contributed by atoms with Crippen molar-refractivity contribution in [2.24, 2.45) is 5.92 Å². The number of ether oxygens (including phenoxy) is 1. The van der Waals surface area contributed by atoms with Crippen LogP contribution in [0.4, 0.5) is 0 Å². The molecule has 1 rings (SSSR count). The van der Waals surface area contributed by atoms with Crippen LogP contribution in [0.1, 0.15) is 51.9 Å². The third kappa shape index (κ3) is 5.26. The van der Waals surface area contributed by atoms with Crippen molar-refractivity contribution < 1.29 is 4.74 Å². The van der Waals surface area contributed by atoms with Gasteiger partial charge in [-0.05, 0) is 37.4 Å². The number of hydrogen-bond acceptors (Lipinski definition) is 2. The van der Waals surface area contributed by atoms with Crippen LogP contribution in [0.3, 0.4) is 0 Å². The fraction of sp³-hybridized carbons (Fsp3) is 1.00. The van der Waals surface area contributed by atoms with Gasteiger partial charge in [0.15, 0.2) is 0 Å². The van der Waals surface area contributed by atoms with Crippen molar-refractivity contribution in [1.29, 1.82) is 0 Å². The van der Waals surface area contributed by atoms with E-state index in [4.69, 9.17) is 4.74 Å². The SMILES string of the molecule is CC(CCS)CCOC1CCCCC1. The second kappa shape index (κ2) is 7.58. The van der Waals surface area contributed by atoms with Gasteiger partial charge in [-0.15, -0.1) is 0 Å². The maximum atomic E-state index is 5.87. The normalized spacial score (nSPS) is 21.0. The molecule has 1 aliphatic rings. The highest BCUT2D eigenvalue weighted by molar-refractivity contribution is 7.80. The molecule has 0 spiro atoms. The minimum Gasteiger partial charge on any atom is -0.378 e. The van der Waals surface area contributed by atoms with Gasteiger partial charge >= 0.3 is 0 Å². The van der Waals surface area contributed by atoms with E-state index in [9.17, 15) is 0 Å². The summed E-state index contributed by atoms with van der Waals surface area (Å²) in [6.07, 6.45) is 9.74. The predicted octanol–water partition coefficient (Wildman–Crippen LogP) is 3.68. The summed E-state index contributed by atoms with van der Waals surface area (Å²) in [6.45, 7) is 3.25. The highest BCUT2D eigenvalue weighted by Gasteiger charge is 2.13. The summed E-state index contributed by atoms with van der Waals surface area (Å²) in [5.41, 5.74) is 0. The van der Waals surface area contributed by atoms with Crippen LogP contribution in [0.25, 0.3) is 0 Å². The molecule has 0 saturated heterocycles.